The normalized spacial score (nSPS) is 17.5. The molecule has 0 bridgehead atoms. The van der Waals surface area contributed by atoms with Crippen LogP contribution in [-0.2, 0) is 0 Å². The van der Waals surface area contributed by atoms with Crippen molar-refractivity contribution in [2.45, 2.75) is 33.2 Å². The van der Waals surface area contributed by atoms with Crippen molar-refractivity contribution in [3.8, 4) is 0 Å². The van der Waals surface area contributed by atoms with Crippen LogP contribution in [0.4, 0.5) is 0 Å². The highest BCUT2D eigenvalue weighted by molar-refractivity contribution is 4.67. The highest BCUT2D eigenvalue weighted by Gasteiger charge is 2.20. The van der Waals surface area contributed by atoms with Crippen molar-refractivity contribution < 1.29 is 5.11 Å². The predicted molar refractivity (Wildman–Crippen MR) is 51.8 cm³/mol. The molecule has 3 heteroatoms. The third-order valence-corrected chi connectivity index (χ3v) is 2.43. The second-order valence-electron chi connectivity index (χ2n) is 3.96. The summed E-state index contributed by atoms with van der Waals surface area (Å²) in [7, 11) is 5.68. The van der Waals surface area contributed by atoms with Crippen LogP contribution in [0.2, 0.25) is 0 Å². The van der Waals surface area contributed by atoms with E-state index in [9.17, 15) is 5.11 Å². The lowest BCUT2D eigenvalue weighted by Gasteiger charge is -2.35. The minimum Gasteiger partial charge on any atom is -0.365 e. The van der Waals surface area contributed by atoms with Gasteiger partial charge in [0, 0.05) is 6.04 Å². The second-order valence-corrected chi connectivity index (χ2v) is 3.96. The lowest BCUT2D eigenvalue weighted by Crippen LogP contribution is -2.48. The average Bonchev–Trinajstić information content (AvgIpc) is 2.00. The van der Waals surface area contributed by atoms with Gasteiger partial charge in [-0.1, -0.05) is 13.8 Å². The third-order valence-electron chi connectivity index (χ3n) is 2.43. The van der Waals surface area contributed by atoms with Gasteiger partial charge in [-0.3, -0.25) is 9.80 Å². The Labute approximate surface area is 76.0 Å². The Balaban J connectivity index is 4.08. The molecule has 2 atom stereocenters. The van der Waals surface area contributed by atoms with E-state index in [1.54, 1.807) is 4.90 Å². The highest BCUT2D eigenvalue weighted by atomic mass is 16.3. The third kappa shape index (κ3) is 3.09. The van der Waals surface area contributed by atoms with Crippen molar-refractivity contribution in [3.05, 3.63) is 0 Å². The monoisotopic (exact) mass is 174 g/mol. The molecule has 0 aromatic rings. The summed E-state index contributed by atoms with van der Waals surface area (Å²) in [4.78, 5) is 3.75. The van der Waals surface area contributed by atoms with Crippen molar-refractivity contribution in [1.29, 1.82) is 0 Å². The molecule has 1 unspecified atom stereocenters. The smallest absolute Gasteiger partial charge is 0.165 e. The van der Waals surface area contributed by atoms with E-state index >= 15 is 0 Å². The van der Waals surface area contributed by atoms with Gasteiger partial charge < -0.3 is 5.11 Å². The molecule has 0 amide bonds. The highest BCUT2D eigenvalue weighted by Crippen LogP contribution is 2.10. The average molecular weight is 174 g/mol. The summed E-state index contributed by atoms with van der Waals surface area (Å²) in [5.41, 5.74) is 0. The number of rotatable bonds is 4. The van der Waals surface area contributed by atoms with E-state index in [-0.39, 0.29) is 0 Å². The van der Waals surface area contributed by atoms with Crippen LogP contribution in [0.3, 0.4) is 0 Å². The Morgan fingerprint density at radius 2 is 1.42 bits per heavy atom. The molecule has 0 radical (unpaired) electrons. The van der Waals surface area contributed by atoms with E-state index in [4.69, 9.17) is 0 Å². The fourth-order valence-electron chi connectivity index (χ4n) is 1.04. The SMILES string of the molecule is CC(C)[C@@H](C)N(C)C(O)N(C)C. The molecule has 0 aliphatic carbocycles. The number of nitrogens with zero attached hydrogens (tertiary/aromatic N) is 2. The van der Waals surface area contributed by atoms with Crippen LogP contribution in [0, 0.1) is 5.92 Å². The summed E-state index contributed by atoms with van der Waals surface area (Å²) in [6.45, 7) is 6.44. The molecule has 3 nitrogen and oxygen atoms in total. The van der Waals surface area contributed by atoms with Crippen LogP contribution in [0.5, 0.6) is 0 Å². The maximum absolute atomic E-state index is 9.67. The molecule has 12 heavy (non-hydrogen) atoms. The van der Waals surface area contributed by atoms with E-state index in [0.717, 1.165) is 0 Å². The molecule has 0 rings (SSSR count). The van der Waals surface area contributed by atoms with E-state index in [1.807, 2.05) is 26.0 Å². The summed E-state index contributed by atoms with van der Waals surface area (Å²) in [6, 6.07) is 0.391. The number of hydrogen-bond acceptors (Lipinski definition) is 3. The summed E-state index contributed by atoms with van der Waals surface area (Å²) in [5, 5.41) is 9.67. The van der Waals surface area contributed by atoms with Crippen molar-refractivity contribution in [3.63, 3.8) is 0 Å². The molecular weight excluding hydrogens is 152 g/mol. The van der Waals surface area contributed by atoms with Crippen LogP contribution >= 0.6 is 0 Å². The van der Waals surface area contributed by atoms with Gasteiger partial charge in [0.25, 0.3) is 0 Å². The fraction of sp³-hybridized carbons (Fsp3) is 1.00. The lowest BCUT2D eigenvalue weighted by molar-refractivity contribution is -0.100. The van der Waals surface area contributed by atoms with Crippen molar-refractivity contribution in [2.75, 3.05) is 21.1 Å². The Kier molecular flexibility index (Phi) is 4.75. The molecule has 0 aromatic heterocycles. The summed E-state index contributed by atoms with van der Waals surface area (Å²) < 4.78 is 0. The lowest BCUT2D eigenvalue weighted by atomic mass is 10.1. The van der Waals surface area contributed by atoms with Gasteiger partial charge in [-0.2, -0.15) is 0 Å². The molecular formula is C9H22N2O. The van der Waals surface area contributed by atoms with Crippen molar-refractivity contribution >= 4 is 0 Å². The van der Waals surface area contributed by atoms with Gasteiger partial charge >= 0.3 is 0 Å². The van der Waals surface area contributed by atoms with Gasteiger partial charge in [-0.15, -0.1) is 0 Å². The summed E-state index contributed by atoms with van der Waals surface area (Å²) in [5.74, 6) is 0.560. The van der Waals surface area contributed by atoms with Crippen LogP contribution in [0.1, 0.15) is 20.8 Å². The summed E-state index contributed by atoms with van der Waals surface area (Å²) in [6.07, 6.45) is -0.484. The van der Waals surface area contributed by atoms with Gasteiger partial charge in [0.2, 0.25) is 0 Å². The van der Waals surface area contributed by atoms with Gasteiger partial charge in [-0.25, -0.2) is 0 Å². The Bertz CT molecular complexity index is 112. The molecule has 0 spiro atoms. The quantitative estimate of drug-likeness (QED) is 0.639. The van der Waals surface area contributed by atoms with Gasteiger partial charge in [-0.05, 0) is 34.0 Å². The van der Waals surface area contributed by atoms with E-state index in [2.05, 4.69) is 20.8 Å². The maximum Gasteiger partial charge on any atom is 0.165 e. The van der Waals surface area contributed by atoms with Gasteiger partial charge in [0.15, 0.2) is 6.35 Å². The topological polar surface area (TPSA) is 26.7 Å². The van der Waals surface area contributed by atoms with Crippen molar-refractivity contribution in [1.82, 2.24) is 9.80 Å². The second kappa shape index (κ2) is 4.80. The first-order valence-electron chi connectivity index (χ1n) is 4.44. The molecule has 1 N–H and O–H groups in total. The molecule has 0 heterocycles. The molecule has 0 aliphatic heterocycles. The molecule has 0 saturated heterocycles. The Morgan fingerprint density at radius 1 is 1.00 bits per heavy atom. The minimum absolute atomic E-state index is 0.391. The Hall–Kier alpha value is -0.120. The molecule has 74 valence electrons. The van der Waals surface area contributed by atoms with E-state index in [1.165, 1.54) is 0 Å². The molecule has 0 fully saturated rings. The minimum atomic E-state index is -0.484. The van der Waals surface area contributed by atoms with Crippen LogP contribution in [0.25, 0.3) is 0 Å². The first-order valence-corrected chi connectivity index (χ1v) is 4.44. The molecule has 0 saturated carbocycles. The first kappa shape index (κ1) is 11.9. The standard InChI is InChI=1S/C9H22N2O/c1-7(2)8(3)11(6)9(12)10(4)5/h7-9,12H,1-6H3/t8-,9?/m1/s1. The first-order chi connectivity index (χ1) is 5.37. The number of aliphatic hydroxyl groups excluding tert-OH is 1. The number of hydrogen-bond donors (Lipinski definition) is 1. The number of aliphatic hydroxyl groups is 1. The van der Waals surface area contributed by atoms with E-state index in [0.29, 0.717) is 12.0 Å². The zero-order valence-electron chi connectivity index (χ0n) is 9.07. The van der Waals surface area contributed by atoms with Crippen LogP contribution in [-0.4, -0.2) is 48.4 Å². The van der Waals surface area contributed by atoms with Gasteiger partial charge in [0.1, 0.15) is 0 Å². The predicted octanol–water partition coefficient (Wildman–Crippen LogP) is 0.800. The molecule has 0 aliphatic rings. The van der Waals surface area contributed by atoms with Crippen molar-refractivity contribution in [2.24, 2.45) is 5.92 Å². The van der Waals surface area contributed by atoms with E-state index < -0.39 is 6.35 Å². The zero-order valence-corrected chi connectivity index (χ0v) is 9.07. The van der Waals surface area contributed by atoms with Crippen LogP contribution in [0.15, 0.2) is 0 Å². The molecule has 0 aromatic carbocycles. The fourth-order valence-corrected chi connectivity index (χ4v) is 1.04. The maximum atomic E-state index is 9.67. The van der Waals surface area contributed by atoms with Gasteiger partial charge in [0.05, 0.1) is 0 Å². The Morgan fingerprint density at radius 3 is 1.67 bits per heavy atom. The zero-order chi connectivity index (χ0) is 9.89. The van der Waals surface area contributed by atoms with Crippen LogP contribution < -0.4 is 0 Å². The largest absolute Gasteiger partial charge is 0.365 e. The summed E-state index contributed by atoms with van der Waals surface area (Å²) >= 11 is 0.